The van der Waals surface area contributed by atoms with Gasteiger partial charge in [0.25, 0.3) is 0 Å². The minimum atomic E-state index is 0.264. The first-order valence-electron chi connectivity index (χ1n) is 2.37. The molecule has 3 heteroatoms. The van der Waals surface area contributed by atoms with Crippen LogP contribution in [0.5, 0.6) is 0 Å². The number of rotatable bonds is 1. The molecule has 0 spiro atoms. The Bertz CT molecular complexity index is 93.5. The van der Waals surface area contributed by atoms with Crippen molar-refractivity contribution < 1.29 is 0 Å². The Hall–Kier alpha value is -0.730. The van der Waals surface area contributed by atoms with Crippen molar-refractivity contribution in [3.8, 4) is 0 Å². The van der Waals surface area contributed by atoms with E-state index in [1.807, 2.05) is 0 Å². The van der Waals surface area contributed by atoms with Crippen molar-refractivity contribution in [2.45, 2.75) is 19.4 Å². The maximum absolute atomic E-state index is 3.76. The SMILES string of the molecule is CCC1C=NN=N1. The molecule has 1 heterocycles. The molecule has 0 saturated carbocycles. The smallest absolute Gasteiger partial charge is 0.110 e. The van der Waals surface area contributed by atoms with Crippen LogP contribution < -0.4 is 0 Å². The van der Waals surface area contributed by atoms with E-state index in [9.17, 15) is 0 Å². The molecule has 0 aliphatic carbocycles. The van der Waals surface area contributed by atoms with Crippen molar-refractivity contribution in [2.24, 2.45) is 15.4 Å². The van der Waals surface area contributed by atoms with E-state index < -0.39 is 0 Å². The highest BCUT2D eigenvalue weighted by molar-refractivity contribution is 5.65. The summed E-state index contributed by atoms with van der Waals surface area (Å²) in [6.45, 7) is 2.06. The van der Waals surface area contributed by atoms with E-state index in [4.69, 9.17) is 0 Å². The van der Waals surface area contributed by atoms with Crippen molar-refractivity contribution in [3.05, 3.63) is 0 Å². The van der Waals surface area contributed by atoms with Crippen molar-refractivity contribution in [3.63, 3.8) is 0 Å². The first-order chi connectivity index (χ1) is 3.43. The molecule has 0 N–H and O–H groups in total. The van der Waals surface area contributed by atoms with Gasteiger partial charge in [-0.2, -0.15) is 5.11 Å². The zero-order valence-electron chi connectivity index (χ0n) is 4.20. The van der Waals surface area contributed by atoms with Crippen LogP contribution in [-0.2, 0) is 0 Å². The number of nitrogens with zero attached hydrogens (tertiary/aromatic N) is 3. The highest BCUT2D eigenvalue weighted by atomic mass is 15.4. The average Bonchev–Trinajstić information content (AvgIpc) is 2.14. The zero-order chi connectivity index (χ0) is 5.11. The van der Waals surface area contributed by atoms with Gasteiger partial charge in [0.2, 0.25) is 0 Å². The van der Waals surface area contributed by atoms with Crippen LogP contribution in [0.4, 0.5) is 0 Å². The molecule has 3 nitrogen and oxygen atoms in total. The molecule has 0 fully saturated rings. The van der Waals surface area contributed by atoms with Crippen LogP contribution in [0.1, 0.15) is 13.3 Å². The lowest BCUT2D eigenvalue weighted by Crippen LogP contribution is -1.97. The van der Waals surface area contributed by atoms with Gasteiger partial charge in [0.05, 0.1) is 6.21 Å². The molecule has 0 radical (unpaired) electrons. The largest absolute Gasteiger partial charge is 0.160 e. The molecule has 7 heavy (non-hydrogen) atoms. The van der Waals surface area contributed by atoms with Crippen molar-refractivity contribution in [1.82, 2.24) is 0 Å². The van der Waals surface area contributed by atoms with E-state index >= 15 is 0 Å². The predicted molar refractivity (Wildman–Crippen MR) is 27.4 cm³/mol. The second-order valence-electron chi connectivity index (χ2n) is 1.45. The third-order valence-corrected chi connectivity index (χ3v) is 0.909. The van der Waals surface area contributed by atoms with E-state index in [0.29, 0.717) is 0 Å². The summed E-state index contributed by atoms with van der Waals surface area (Å²) in [4.78, 5) is 0. The molecule has 0 saturated heterocycles. The lowest BCUT2D eigenvalue weighted by Gasteiger charge is -1.88. The van der Waals surface area contributed by atoms with Gasteiger partial charge in [-0.15, -0.1) is 5.10 Å². The standard InChI is InChI=1S/C4H7N3/c1-2-4-3-5-7-6-4/h3-4H,2H2,1H3. The summed E-state index contributed by atoms with van der Waals surface area (Å²) in [5.74, 6) is 0. The second kappa shape index (κ2) is 1.82. The Labute approximate surface area is 42.1 Å². The third kappa shape index (κ3) is 0.824. The van der Waals surface area contributed by atoms with Crippen LogP contribution in [0.15, 0.2) is 15.4 Å². The lowest BCUT2D eigenvalue weighted by molar-refractivity contribution is 0.803. The maximum atomic E-state index is 3.76. The van der Waals surface area contributed by atoms with Crippen LogP contribution in [0.2, 0.25) is 0 Å². The molecule has 0 aromatic heterocycles. The third-order valence-electron chi connectivity index (χ3n) is 0.909. The van der Waals surface area contributed by atoms with Crippen molar-refractivity contribution >= 4 is 6.21 Å². The Balaban J connectivity index is 2.44. The first-order valence-corrected chi connectivity index (χ1v) is 2.37. The summed E-state index contributed by atoms with van der Waals surface area (Å²) in [5, 5.41) is 10.8. The Kier molecular flexibility index (Phi) is 1.15. The molecule has 1 unspecified atom stereocenters. The first kappa shape index (κ1) is 4.43. The Morgan fingerprint density at radius 3 is 2.86 bits per heavy atom. The fraction of sp³-hybridized carbons (Fsp3) is 0.750. The van der Waals surface area contributed by atoms with Crippen molar-refractivity contribution in [2.75, 3.05) is 0 Å². The normalized spacial score (nSPS) is 26.7. The Morgan fingerprint density at radius 1 is 1.71 bits per heavy atom. The van der Waals surface area contributed by atoms with Crippen LogP contribution in [0, 0.1) is 0 Å². The summed E-state index contributed by atoms with van der Waals surface area (Å²) >= 11 is 0. The van der Waals surface area contributed by atoms with Gasteiger partial charge in [-0.3, -0.25) is 0 Å². The average molecular weight is 97.1 g/mol. The molecule has 0 aromatic carbocycles. The van der Waals surface area contributed by atoms with Gasteiger partial charge < -0.3 is 0 Å². The molecule has 0 bridgehead atoms. The van der Waals surface area contributed by atoms with E-state index in [-0.39, 0.29) is 6.04 Å². The molecular formula is C4H7N3. The topological polar surface area (TPSA) is 37.1 Å². The van der Waals surface area contributed by atoms with Gasteiger partial charge in [-0.05, 0) is 11.6 Å². The van der Waals surface area contributed by atoms with Crippen molar-refractivity contribution in [1.29, 1.82) is 0 Å². The zero-order valence-corrected chi connectivity index (χ0v) is 4.20. The molecule has 38 valence electrons. The highest BCUT2D eigenvalue weighted by Gasteiger charge is 2.01. The Morgan fingerprint density at radius 2 is 2.57 bits per heavy atom. The molecule has 1 rings (SSSR count). The fourth-order valence-corrected chi connectivity index (χ4v) is 0.420. The summed E-state index contributed by atoms with van der Waals surface area (Å²) in [7, 11) is 0. The van der Waals surface area contributed by atoms with E-state index in [0.717, 1.165) is 6.42 Å². The molecule has 1 aliphatic heterocycles. The number of hydrogen-bond donors (Lipinski definition) is 0. The highest BCUT2D eigenvalue weighted by Crippen LogP contribution is 2.00. The maximum Gasteiger partial charge on any atom is 0.110 e. The van der Waals surface area contributed by atoms with E-state index in [2.05, 4.69) is 22.4 Å². The lowest BCUT2D eigenvalue weighted by atomic mass is 10.3. The molecule has 0 amide bonds. The summed E-state index contributed by atoms with van der Waals surface area (Å²) in [6.07, 6.45) is 2.76. The predicted octanol–water partition coefficient (Wildman–Crippen LogP) is 1.22. The van der Waals surface area contributed by atoms with Gasteiger partial charge in [0.15, 0.2) is 0 Å². The molecular weight excluding hydrogens is 90.1 g/mol. The molecule has 1 aliphatic rings. The van der Waals surface area contributed by atoms with Gasteiger partial charge in [-0.25, -0.2) is 0 Å². The molecule has 0 aromatic rings. The monoisotopic (exact) mass is 97.1 g/mol. The summed E-state index contributed by atoms with van der Waals surface area (Å²) in [6, 6.07) is 0.264. The second-order valence-corrected chi connectivity index (χ2v) is 1.45. The van der Waals surface area contributed by atoms with Gasteiger partial charge in [0.1, 0.15) is 6.04 Å². The number of hydrogen-bond acceptors (Lipinski definition) is 3. The minimum Gasteiger partial charge on any atom is -0.160 e. The van der Waals surface area contributed by atoms with Gasteiger partial charge in [0, 0.05) is 0 Å². The van der Waals surface area contributed by atoms with E-state index in [1.54, 1.807) is 6.21 Å². The quantitative estimate of drug-likeness (QED) is 0.471. The van der Waals surface area contributed by atoms with Gasteiger partial charge >= 0.3 is 0 Å². The van der Waals surface area contributed by atoms with Crippen LogP contribution >= 0.6 is 0 Å². The van der Waals surface area contributed by atoms with Crippen LogP contribution in [0.25, 0.3) is 0 Å². The minimum absolute atomic E-state index is 0.264. The summed E-state index contributed by atoms with van der Waals surface area (Å²) in [5.41, 5.74) is 0. The van der Waals surface area contributed by atoms with Crippen LogP contribution in [0.3, 0.4) is 0 Å². The fourth-order valence-electron chi connectivity index (χ4n) is 0.420. The van der Waals surface area contributed by atoms with E-state index in [1.165, 1.54) is 0 Å². The molecule has 1 atom stereocenters. The summed E-state index contributed by atoms with van der Waals surface area (Å²) < 4.78 is 0. The van der Waals surface area contributed by atoms with Gasteiger partial charge in [-0.1, -0.05) is 6.92 Å². The van der Waals surface area contributed by atoms with Crippen LogP contribution in [-0.4, -0.2) is 12.3 Å².